The van der Waals surface area contributed by atoms with Crippen LogP contribution in [0.2, 0.25) is 0 Å². The number of ether oxygens (including phenoxy) is 1. The summed E-state index contributed by atoms with van der Waals surface area (Å²) >= 11 is 0. The fourth-order valence-electron chi connectivity index (χ4n) is 0.828. The van der Waals surface area contributed by atoms with Gasteiger partial charge in [-0.15, -0.1) is 0 Å². The van der Waals surface area contributed by atoms with Gasteiger partial charge in [-0.25, -0.2) is 0 Å². The summed E-state index contributed by atoms with van der Waals surface area (Å²) in [6, 6.07) is 7.22. The molecule has 3 nitrogen and oxygen atoms in total. The predicted octanol–water partition coefficient (Wildman–Crippen LogP) is 2.29. The highest BCUT2D eigenvalue weighted by atomic mass is 16.5. The fraction of sp³-hybridized carbons (Fsp3) is 0.300. The first-order valence-corrected chi connectivity index (χ1v) is 4.25. The van der Waals surface area contributed by atoms with Crippen molar-refractivity contribution >= 4 is 12.2 Å². The Hall–Kier alpha value is -1.51. The molecule has 0 atom stereocenters. The summed E-state index contributed by atoms with van der Waals surface area (Å²) in [7, 11) is 1.77. The number of rotatable bonds is 3. The van der Waals surface area contributed by atoms with E-state index in [-0.39, 0.29) is 0 Å². The Morgan fingerprint density at radius 2 is 1.92 bits per heavy atom. The van der Waals surface area contributed by atoms with Crippen LogP contribution < -0.4 is 10.1 Å². The summed E-state index contributed by atoms with van der Waals surface area (Å²) in [4.78, 5) is 9.99. The van der Waals surface area contributed by atoms with Crippen molar-refractivity contribution in [2.45, 2.75) is 13.8 Å². The van der Waals surface area contributed by atoms with Crippen molar-refractivity contribution in [1.82, 2.24) is 0 Å². The largest absolute Gasteiger partial charge is 0.427 e. The van der Waals surface area contributed by atoms with Crippen LogP contribution >= 0.6 is 0 Å². The summed E-state index contributed by atoms with van der Waals surface area (Å²) in [6.45, 7) is 4.41. The zero-order chi connectivity index (χ0) is 10.1. The van der Waals surface area contributed by atoms with Crippen molar-refractivity contribution in [3.8, 4) is 5.75 Å². The Balaban J connectivity index is 0.000000671. The van der Waals surface area contributed by atoms with Crippen molar-refractivity contribution in [3.63, 3.8) is 0 Å². The first-order chi connectivity index (χ1) is 6.38. The van der Waals surface area contributed by atoms with Crippen molar-refractivity contribution in [1.29, 1.82) is 0 Å². The molecule has 0 spiro atoms. The van der Waals surface area contributed by atoms with Gasteiger partial charge in [0.1, 0.15) is 0 Å². The molecule has 72 valence electrons. The molecule has 13 heavy (non-hydrogen) atoms. The first kappa shape index (κ1) is 11.5. The smallest absolute Gasteiger partial charge is 0.298 e. The number of carbonyl (C=O) groups excluding carboxylic acids is 1. The van der Waals surface area contributed by atoms with Crippen LogP contribution in [-0.2, 0) is 4.79 Å². The van der Waals surface area contributed by atoms with Gasteiger partial charge in [0, 0.05) is 7.05 Å². The second-order valence-electron chi connectivity index (χ2n) is 1.96. The number of nitrogens with one attached hydrogen (secondary N) is 1. The van der Waals surface area contributed by atoms with Crippen LogP contribution in [0.5, 0.6) is 5.75 Å². The van der Waals surface area contributed by atoms with E-state index in [1.54, 1.807) is 19.2 Å². The molecule has 0 aliphatic rings. The number of hydrogen-bond acceptors (Lipinski definition) is 3. The van der Waals surface area contributed by atoms with E-state index < -0.39 is 0 Å². The highest BCUT2D eigenvalue weighted by Gasteiger charge is 1.97. The van der Waals surface area contributed by atoms with Crippen molar-refractivity contribution < 1.29 is 9.53 Å². The first-order valence-electron chi connectivity index (χ1n) is 4.25. The third kappa shape index (κ3) is 3.60. The lowest BCUT2D eigenvalue weighted by Gasteiger charge is -2.04. The molecular formula is C10H15NO2. The van der Waals surface area contributed by atoms with Crippen LogP contribution in [0.25, 0.3) is 0 Å². The Morgan fingerprint density at radius 1 is 1.31 bits per heavy atom. The average molecular weight is 181 g/mol. The minimum atomic E-state index is 0.413. The Kier molecular flexibility index (Phi) is 6.32. The van der Waals surface area contributed by atoms with Crippen molar-refractivity contribution in [2.24, 2.45) is 0 Å². The zero-order valence-electron chi connectivity index (χ0n) is 8.20. The Bertz CT molecular complexity index is 248. The van der Waals surface area contributed by atoms with Gasteiger partial charge in [0.05, 0.1) is 5.69 Å². The molecule has 1 N–H and O–H groups in total. The van der Waals surface area contributed by atoms with Crippen LogP contribution in [0.3, 0.4) is 0 Å². The highest BCUT2D eigenvalue weighted by molar-refractivity contribution is 5.60. The maximum absolute atomic E-state index is 9.99. The van der Waals surface area contributed by atoms with Crippen LogP contribution in [0.15, 0.2) is 24.3 Å². The summed E-state index contributed by atoms with van der Waals surface area (Å²) < 4.78 is 4.68. The number of benzene rings is 1. The zero-order valence-corrected chi connectivity index (χ0v) is 8.20. The molecule has 0 fully saturated rings. The molecule has 0 heterocycles. The van der Waals surface area contributed by atoms with E-state index in [0.29, 0.717) is 12.2 Å². The van der Waals surface area contributed by atoms with Crippen molar-refractivity contribution in [3.05, 3.63) is 24.3 Å². The maximum Gasteiger partial charge on any atom is 0.298 e. The molecule has 0 radical (unpaired) electrons. The molecular weight excluding hydrogens is 166 g/mol. The SMILES string of the molecule is CC.CNc1ccccc1OC=O. The fourth-order valence-corrected chi connectivity index (χ4v) is 0.828. The van der Waals surface area contributed by atoms with E-state index in [1.807, 2.05) is 26.0 Å². The summed E-state index contributed by atoms with van der Waals surface area (Å²) in [5.41, 5.74) is 0.805. The molecule has 0 saturated heterocycles. The van der Waals surface area contributed by atoms with Gasteiger partial charge in [-0.1, -0.05) is 26.0 Å². The van der Waals surface area contributed by atoms with Crippen molar-refractivity contribution in [2.75, 3.05) is 12.4 Å². The standard InChI is InChI=1S/C8H9NO2.C2H6/c1-9-7-4-2-3-5-8(7)11-6-10;1-2/h2-6,9H,1H3;1-2H3. The second kappa shape index (κ2) is 7.16. The van der Waals surface area contributed by atoms with Gasteiger partial charge in [-0.2, -0.15) is 0 Å². The quantitative estimate of drug-likeness (QED) is 0.727. The van der Waals surface area contributed by atoms with E-state index in [2.05, 4.69) is 10.1 Å². The molecule has 0 aliphatic carbocycles. The minimum absolute atomic E-state index is 0.413. The molecule has 1 aromatic carbocycles. The Labute approximate surface area is 78.7 Å². The van der Waals surface area contributed by atoms with Gasteiger partial charge in [0.2, 0.25) is 0 Å². The molecule has 0 bridgehead atoms. The molecule has 3 heteroatoms. The van der Waals surface area contributed by atoms with Gasteiger partial charge in [0.15, 0.2) is 5.75 Å². The number of hydrogen-bond donors (Lipinski definition) is 1. The maximum atomic E-state index is 9.99. The second-order valence-corrected chi connectivity index (χ2v) is 1.96. The lowest BCUT2D eigenvalue weighted by atomic mass is 10.3. The van der Waals surface area contributed by atoms with Crippen LogP contribution in [-0.4, -0.2) is 13.5 Å². The molecule has 0 aromatic heterocycles. The molecule has 1 aromatic rings. The Morgan fingerprint density at radius 3 is 2.46 bits per heavy atom. The minimum Gasteiger partial charge on any atom is -0.427 e. The number of para-hydroxylation sites is 2. The third-order valence-electron chi connectivity index (χ3n) is 1.33. The molecule has 0 unspecified atom stereocenters. The van der Waals surface area contributed by atoms with Crippen LogP contribution in [0.4, 0.5) is 5.69 Å². The van der Waals surface area contributed by atoms with Crippen LogP contribution in [0, 0.1) is 0 Å². The van der Waals surface area contributed by atoms with E-state index in [9.17, 15) is 4.79 Å². The van der Waals surface area contributed by atoms with E-state index in [4.69, 9.17) is 0 Å². The van der Waals surface area contributed by atoms with E-state index in [0.717, 1.165) is 5.69 Å². The summed E-state index contributed by atoms with van der Waals surface area (Å²) in [5, 5.41) is 2.90. The summed E-state index contributed by atoms with van der Waals surface area (Å²) in [5.74, 6) is 0.546. The monoisotopic (exact) mass is 181 g/mol. The van der Waals surface area contributed by atoms with Crippen LogP contribution in [0.1, 0.15) is 13.8 Å². The van der Waals surface area contributed by atoms with Gasteiger partial charge in [-0.3, -0.25) is 4.79 Å². The van der Waals surface area contributed by atoms with Gasteiger partial charge < -0.3 is 10.1 Å². The molecule has 0 aliphatic heterocycles. The predicted molar refractivity (Wildman–Crippen MR) is 54.0 cm³/mol. The topological polar surface area (TPSA) is 38.3 Å². The average Bonchev–Trinajstić information content (AvgIpc) is 2.22. The lowest BCUT2D eigenvalue weighted by molar-refractivity contribution is -0.120. The summed E-state index contributed by atoms with van der Waals surface area (Å²) in [6.07, 6.45) is 0. The van der Waals surface area contributed by atoms with Gasteiger partial charge in [0.25, 0.3) is 6.47 Å². The van der Waals surface area contributed by atoms with Gasteiger partial charge in [-0.05, 0) is 12.1 Å². The highest BCUT2D eigenvalue weighted by Crippen LogP contribution is 2.21. The van der Waals surface area contributed by atoms with E-state index >= 15 is 0 Å². The van der Waals surface area contributed by atoms with Gasteiger partial charge >= 0.3 is 0 Å². The van der Waals surface area contributed by atoms with E-state index in [1.165, 1.54) is 0 Å². The molecule has 1 rings (SSSR count). The molecule has 0 saturated carbocycles. The third-order valence-corrected chi connectivity index (χ3v) is 1.33. The normalized spacial score (nSPS) is 7.92. The number of anilines is 1. The lowest BCUT2D eigenvalue weighted by Crippen LogP contribution is -1.94. The number of carbonyl (C=O) groups is 1. The molecule has 0 amide bonds.